The van der Waals surface area contributed by atoms with Crippen LogP contribution in [-0.2, 0) is 24.0 Å². The molecule has 13 nitrogen and oxygen atoms in total. The number of likely N-dealkylation sites (tertiary alicyclic amines) is 1. The summed E-state index contributed by atoms with van der Waals surface area (Å²) in [4.78, 5) is 60.5. The van der Waals surface area contributed by atoms with Crippen molar-refractivity contribution in [2.75, 3.05) is 13.2 Å². The van der Waals surface area contributed by atoms with Crippen molar-refractivity contribution >= 4 is 29.6 Å². The second-order valence-electron chi connectivity index (χ2n) is 7.11. The molecule has 9 N–H and O–H groups in total. The fraction of sp³-hybridized carbons (Fsp3) is 0.706. The minimum absolute atomic E-state index is 0.0244. The number of aliphatic hydroxyl groups is 2. The lowest BCUT2D eigenvalue weighted by atomic mass is 10.1. The molecule has 1 saturated heterocycles. The third-order valence-electron chi connectivity index (χ3n) is 4.72. The van der Waals surface area contributed by atoms with Gasteiger partial charge in [-0.05, 0) is 26.2 Å². The van der Waals surface area contributed by atoms with E-state index in [1.807, 2.05) is 5.32 Å². The van der Waals surface area contributed by atoms with Gasteiger partial charge in [-0.3, -0.25) is 19.2 Å². The first kappa shape index (κ1) is 25.3. The van der Waals surface area contributed by atoms with Gasteiger partial charge in [0.2, 0.25) is 23.6 Å². The van der Waals surface area contributed by atoms with Crippen LogP contribution < -0.4 is 22.1 Å². The predicted molar refractivity (Wildman–Crippen MR) is 101 cm³/mol. The van der Waals surface area contributed by atoms with E-state index in [1.54, 1.807) is 0 Å². The standard InChI is InChI=1S/C17H29N5O8/c1-8(24)13(17(29)30)21-14(26)10(7-23)20-15(27)11-3-2-6-22(11)16(28)9(18)4-5-12(19)25/h8-11,13,23-24H,2-7,18H2,1H3,(H2,19,25)(H,20,27)(H,21,26)(H,29,30). The largest absolute Gasteiger partial charge is 0.480 e. The Labute approximate surface area is 172 Å². The van der Waals surface area contributed by atoms with Gasteiger partial charge in [0.25, 0.3) is 0 Å². The molecule has 0 aromatic rings. The number of carboxylic acid groups (broad SMARTS) is 1. The van der Waals surface area contributed by atoms with E-state index in [1.165, 1.54) is 4.90 Å². The van der Waals surface area contributed by atoms with Gasteiger partial charge in [-0.25, -0.2) is 4.79 Å². The monoisotopic (exact) mass is 431 g/mol. The fourth-order valence-corrected chi connectivity index (χ4v) is 3.04. The SMILES string of the molecule is CC(O)C(NC(=O)C(CO)NC(=O)C1CCCN1C(=O)C(N)CCC(N)=O)C(=O)O. The van der Waals surface area contributed by atoms with Crippen molar-refractivity contribution in [3.8, 4) is 0 Å². The number of carboxylic acids is 1. The Bertz CT molecular complexity index is 671. The second kappa shape index (κ2) is 11.4. The number of nitrogens with two attached hydrogens (primary N) is 2. The molecule has 5 unspecified atom stereocenters. The minimum atomic E-state index is -1.63. The Kier molecular flexibility index (Phi) is 9.62. The van der Waals surface area contributed by atoms with Crippen LogP contribution in [-0.4, -0.2) is 93.2 Å². The number of aliphatic hydroxyl groups excluding tert-OH is 2. The summed E-state index contributed by atoms with van der Waals surface area (Å²) in [6, 6.07) is -5.08. The number of rotatable bonds is 11. The number of carbonyl (C=O) groups is 5. The zero-order valence-electron chi connectivity index (χ0n) is 16.6. The Hall–Kier alpha value is -2.77. The van der Waals surface area contributed by atoms with Crippen LogP contribution in [0.25, 0.3) is 0 Å². The lowest BCUT2D eigenvalue weighted by molar-refractivity contribution is -0.146. The molecule has 30 heavy (non-hydrogen) atoms. The van der Waals surface area contributed by atoms with Gasteiger partial charge in [-0.2, -0.15) is 0 Å². The number of nitrogens with zero attached hydrogens (tertiary/aromatic N) is 1. The topological polar surface area (TPSA) is 225 Å². The molecule has 0 saturated carbocycles. The van der Waals surface area contributed by atoms with Crippen molar-refractivity contribution in [3.63, 3.8) is 0 Å². The molecule has 0 spiro atoms. The van der Waals surface area contributed by atoms with E-state index in [4.69, 9.17) is 16.6 Å². The van der Waals surface area contributed by atoms with Crippen molar-refractivity contribution in [1.29, 1.82) is 0 Å². The summed E-state index contributed by atoms with van der Waals surface area (Å²) in [7, 11) is 0. The number of primary amides is 1. The van der Waals surface area contributed by atoms with Crippen LogP contribution in [0.4, 0.5) is 0 Å². The summed E-state index contributed by atoms with van der Waals surface area (Å²) < 4.78 is 0. The smallest absolute Gasteiger partial charge is 0.328 e. The normalized spacial score (nSPS) is 20.0. The summed E-state index contributed by atoms with van der Waals surface area (Å²) >= 11 is 0. The van der Waals surface area contributed by atoms with Crippen molar-refractivity contribution in [3.05, 3.63) is 0 Å². The second-order valence-corrected chi connectivity index (χ2v) is 7.11. The Morgan fingerprint density at radius 1 is 1.20 bits per heavy atom. The Morgan fingerprint density at radius 3 is 2.33 bits per heavy atom. The summed E-state index contributed by atoms with van der Waals surface area (Å²) in [6.07, 6.45) is -0.669. The van der Waals surface area contributed by atoms with Gasteiger partial charge in [-0.15, -0.1) is 0 Å². The molecular weight excluding hydrogens is 402 g/mol. The van der Waals surface area contributed by atoms with Crippen LogP contribution >= 0.6 is 0 Å². The summed E-state index contributed by atoms with van der Waals surface area (Å²) in [6.45, 7) is 0.581. The number of hydrogen-bond acceptors (Lipinski definition) is 8. The molecule has 0 aromatic heterocycles. The minimum Gasteiger partial charge on any atom is -0.480 e. The lowest BCUT2D eigenvalue weighted by Crippen LogP contribution is -2.58. The summed E-state index contributed by atoms with van der Waals surface area (Å²) in [5.41, 5.74) is 10.8. The summed E-state index contributed by atoms with van der Waals surface area (Å²) in [5.74, 6) is -4.37. The van der Waals surface area contributed by atoms with Crippen molar-refractivity contribution in [1.82, 2.24) is 15.5 Å². The first-order valence-electron chi connectivity index (χ1n) is 9.46. The van der Waals surface area contributed by atoms with Gasteiger partial charge in [0.15, 0.2) is 6.04 Å². The average molecular weight is 431 g/mol. The molecule has 1 rings (SSSR count). The number of aliphatic carboxylic acids is 1. The third-order valence-corrected chi connectivity index (χ3v) is 4.72. The maximum absolute atomic E-state index is 12.6. The molecular formula is C17H29N5O8. The quantitative estimate of drug-likeness (QED) is 0.169. The van der Waals surface area contributed by atoms with Gasteiger partial charge in [-0.1, -0.05) is 0 Å². The average Bonchev–Trinajstić information content (AvgIpc) is 3.16. The number of amides is 4. The molecule has 170 valence electrons. The van der Waals surface area contributed by atoms with Gasteiger partial charge < -0.3 is 42.3 Å². The van der Waals surface area contributed by atoms with E-state index < -0.39 is 66.5 Å². The maximum atomic E-state index is 12.6. The zero-order valence-corrected chi connectivity index (χ0v) is 16.6. The molecule has 1 aliphatic rings. The van der Waals surface area contributed by atoms with E-state index in [9.17, 15) is 34.2 Å². The van der Waals surface area contributed by atoms with E-state index in [2.05, 4.69) is 5.32 Å². The Morgan fingerprint density at radius 2 is 1.83 bits per heavy atom. The van der Waals surface area contributed by atoms with Gasteiger partial charge >= 0.3 is 5.97 Å². The molecule has 4 amide bonds. The Balaban J connectivity index is 2.77. The number of hydrogen-bond donors (Lipinski definition) is 7. The zero-order chi connectivity index (χ0) is 23.0. The van der Waals surface area contributed by atoms with Crippen LogP contribution in [0.15, 0.2) is 0 Å². The summed E-state index contributed by atoms with van der Waals surface area (Å²) in [5, 5.41) is 32.2. The third kappa shape index (κ3) is 6.93. The fourth-order valence-electron chi connectivity index (χ4n) is 3.04. The highest BCUT2D eigenvalue weighted by Gasteiger charge is 2.38. The highest BCUT2D eigenvalue weighted by Crippen LogP contribution is 2.19. The molecule has 1 heterocycles. The van der Waals surface area contributed by atoms with Gasteiger partial charge in [0.05, 0.1) is 18.8 Å². The molecule has 13 heteroatoms. The molecule has 0 radical (unpaired) electrons. The van der Waals surface area contributed by atoms with E-state index in [0.717, 1.165) is 6.92 Å². The first-order valence-corrected chi connectivity index (χ1v) is 9.46. The van der Waals surface area contributed by atoms with Gasteiger partial charge in [0, 0.05) is 13.0 Å². The van der Waals surface area contributed by atoms with Crippen LogP contribution in [0, 0.1) is 0 Å². The van der Waals surface area contributed by atoms with Crippen LogP contribution in [0.1, 0.15) is 32.6 Å². The van der Waals surface area contributed by atoms with Crippen LogP contribution in [0.2, 0.25) is 0 Å². The number of carbonyl (C=O) groups excluding carboxylic acids is 4. The van der Waals surface area contributed by atoms with Crippen molar-refractivity contribution < 1.29 is 39.3 Å². The lowest BCUT2D eigenvalue weighted by Gasteiger charge is -2.28. The number of nitrogens with one attached hydrogen (secondary N) is 2. The predicted octanol–water partition coefficient (Wildman–Crippen LogP) is -4.00. The first-order chi connectivity index (χ1) is 14.0. The molecule has 0 bridgehead atoms. The van der Waals surface area contributed by atoms with E-state index in [-0.39, 0.29) is 19.4 Å². The molecule has 5 atom stereocenters. The highest BCUT2D eigenvalue weighted by molar-refractivity contribution is 5.94. The van der Waals surface area contributed by atoms with Crippen molar-refractivity contribution in [2.45, 2.75) is 62.9 Å². The molecule has 1 aliphatic heterocycles. The maximum Gasteiger partial charge on any atom is 0.328 e. The molecule has 0 aromatic carbocycles. The van der Waals surface area contributed by atoms with Gasteiger partial charge in [0.1, 0.15) is 12.1 Å². The van der Waals surface area contributed by atoms with Crippen molar-refractivity contribution in [2.24, 2.45) is 11.5 Å². The molecule has 0 aliphatic carbocycles. The molecule has 1 fully saturated rings. The van der Waals surface area contributed by atoms with Crippen LogP contribution in [0.3, 0.4) is 0 Å². The highest BCUT2D eigenvalue weighted by atomic mass is 16.4. The van der Waals surface area contributed by atoms with Crippen LogP contribution in [0.5, 0.6) is 0 Å². The van der Waals surface area contributed by atoms with E-state index >= 15 is 0 Å². The van der Waals surface area contributed by atoms with E-state index in [0.29, 0.717) is 12.8 Å².